The Morgan fingerprint density at radius 2 is 2.00 bits per heavy atom. The molecule has 2 unspecified atom stereocenters. The highest BCUT2D eigenvalue weighted by Crippen LogP contribution is 2.36. The molecule has 0 aromatic heterocycles. The third-order valence-electron chi connectivity index (χ3n) is 1.93. The molecular formula is C9H10BrClO3S. The topological polar surface area (TPSA) is 60.7 Å². The fourth-order valence-corrected chi connectivity index (χ4v) is 2.15. The number of thiol groups is 1. The molecule has 0 bridgehead atoms. The van der Waals surface area contributed by atoms with Gasteiger partial charge < -0.3 is 15.3 Å². The third-order valence-corrected chi connectivity index (χ3v) is 3.12. The number of phenols is 1. The SMILES string of the molecule is Oc1c(Br)cc(Cl)cc1C(O)C(O)CS. The lowest BCUT2D eigenvalue weighted by atomic mass is 10.0. The number of rotatable bonds is 3. The van der Waals surface area contributed by atoms with Crippen LogP contribution in [-0.2, 0) is 0 Å². The number of halogens is 2. The first-order valence-corrected chi connectivity index (χ1v) is 5.92. The first-order valence-electron chi connectivity index (χ1n) is 4.12. The fourth-order valence-electron chi connectivity index (χ4n) is 1.12. The Morgan fingerprint density at radius 1 is 1.40 bits per heavy atom. The van der Waals surface area contributed by atoms with Crippen LogP contribution in [0.3, 0.4) is 0 Å². The van der Waals surface area contributed by atoms with Gasteiger partial charge in [0.2, 0.25) is 0 Å². The summed E-state index contributed by atoms with van der Waals surface area (Å²) < 4.78 is 0.371. The van der Waals surface area contributed by atoms with Crippen molar-refractivity contribution in [3.63, 3.8) is 0 Å². The van der Waals surface area contributed by atoms with Crippen LogP contribution >= 0.6 is 40.2 Å². The number of hydrogen-bond acceptors (Lipinski definition) is 4. The van der Waals surface area contributed by atoms with Crippen molar-refractivity contribution in [3.8, 4) is 5.75 Å². The second-order valence-corrected chi connectivity index (χ2v) is 4.68. The molecular weight excluding hydrogens is 304 g/mol. The van der Waals surface area contributed by atoms with Crippen LogP contribution in [0.2, 0.25) is 5.02 Å². The molecule has 0 saturated heterocycles. The Kier molecular flexibility index (Phi) is 4.73. The number of aromatic hydroxyl groups is 1. The molecule has 1 rings (SSSR count). The molecule has 0 amide bonds. The van der Waals surface area contributed by atoms with Crippen molar-refractivity contribution in [3.05, 3.63) is 27.2 Å². The summed E-state index contributed by atoms with van der Waals surface area (Å²) in [7, 11) is 0. The highest BCUT2D eigenvalue weighted by atomic mass is 79.9. The van der Waals surface area contributed by atoms with Crippen molar-refractivity contribution >= 4 is 40.2 Å². The smallest absolute Gasteiger partial charge is 0.135 e. The van der Waals surface area contributed by atoms with Gasteiger partial charge in [-0.3, -0.25) is 0 Å². The van der Waals surface area contributed by atoms with Crippen LogP contribution in [-0.4, -0.2) is 27.2 Å². The van der Waals surface area contributed by atoms with E-state index in [4.69, 9.17) is 11.6 Å². The molecule has 84 valence electrons. The molecule has 0 fully saturated rings. The van der Waals surface area contributed by atoms with Gasteiger partial charge >= 0.3 is 0 Å². The zero-order valence-electron chi connectivity index (χ0n) is 7.56. The summed E-state index contributed by atoms with van der Waals surface area (Å²) in [5, 5.41) is 29.1. The average Bonchev–Trinajstić information content (AvgIpc) is 2.21. The molecule has 2 atom stereocenters. The van der Waals surface area contributed by atoms with Gasteiger partial charge in [0.1, 0.15) is 11.9 Å². The van der Waals surface area contributed by atoms with Gasteiger partial charge in [-0.15, -0.1) is 0 Å². The molecule has 0 saturated carbocycles. The van der Waals surface area contributed by atoms with Crippen LogP contribution in [0.15, 0.2) is 16.6 Å². The van der Waals surface area contributed by atoms with Gasteiger partial charge in [0, 0.05) is 16.3 Å². The average molecular weight is 314 g/mol. The minimum atomic E-state index is -1.21. The van der Waals surface area contributed by atoms with Gasteiger partial charge in [0.25, 0.3) is 0 Å². The van der Waals surface area contributed by atoms with Crippen molar-refractivity contribution < 1.29 is 15.3 Å². The Morgan fingerprint density at radius 3 is 2.53 bits per heavy atom. The summed E-state index contributed by atoms with van der Waals surface area (Å²) in [5.41, 5.74) is 0.177. The second-order valence-electron chi connectivity index (χ2n) is 3.02. The van der Waals surface area contributed by atoms with E-state index in [2.05, 4.69) is 28.6 Å². The molecule has 0 radical (unpaired) electrons. The molecule has 15 heavy (non-hydrogen) atoms. The van der Waals surface area contributed by atoms with E-state index in [-0.39, 0.29) is 17.1 Å². The number of phenolic OH excluding ortho intramolecular Hbond substituents is 1. The lowest BCUT2D eigenvalue weighted by molar-refractivity contribution is 0.0322. The first-order chi connectivity index (χ1) is 6.97. The Bertz CT molecular complexity index is 361. The third kappa shape index (κ3) is 3.01. The fraction of sp³-hybridized carbons (Fsp3) is 0.333. The largest absolute Gasteiger partial charge is 0.506 e. The molecule has 1 aromatic rings. The van der Waals surface area contributed by atoms with E-state index in [9.17, 15) is 15.3 Å². The van der Waals surface area contributed by atoms with Gasteiger partial charge in [-0.25, -0.2) is 0 Å². The van der Waals surface area contributed by atoms with Crippen LogP contribution in [0.25, 0.3) is 0 Å². The van der Waals surface area contributed by atoms with E-state index in [0.717, 1.165) is 0 Å². The van der Waals surface area contributed by atoms with Crippen molar-refractivity contribution in [1.82, 2.24) is 0 Å². The lowest BCUT2D eigenvalue weighted by Crippen LogP contribution is -2.19. The molecule has 0 aliphatic heterocycles. The Labute approximate surface area is 106 Å². The summed E-state index contributed by atoms with van der Waals surface area (Å²) >= 11 is 12.7. The van der Waals surface area contributed by atoms with Crippen molar-refractivity contribution in [2.45, 2.75) is 12.2 Å². The second kappa shape index (κ2) is 5.41. The molecule has 0 aliphatic carbocycles. The van der Waals surface area contributed by atoms with Gasteiger partial charge in [-0.2, -0.15) is 12.6 Å². The van der Waals surface area contributed by atoms with Gasteiger partial charge in [-0.05, 0) is 28.1 Å². The standard InChI is InChI=1S/C9H10BrClO3S/c10-6-2-4(11)1-5(8(6)13)9(14)7(12)3-15/h1-2,7,9,12-15H,3H2. The van der Waals surface area contributed by atoms with E-state index in [1.165, 1.54) is 12.1 Å². The lowest BCUT2D eigenvalue weighted by Gasteiger charge is -2.18. The molecule has 3 nitrogen and oxygen atoms in total. The van der Waals surface area contributed by atoms with E-state index in [1.54, 1.807) is 0 Å². The zero-order valence-corrected chi connectivity index (χ0v) is 10.8. The van der Waals surface area contributed by atoms with Crippen molar-refractivity contribution in [2.24, 2.45) is 0 Å². The molecule has 6 heteroatoms. The van der Waals surface area contributed by atoms with Crippen LogP contribution in [0.5, 0.6) is 5.75 Å². The van der Waals surface area contributed by atoms with Crippen molar-refractivity contribution in [1.29, 1.82) is 0 Å². The van der Waals surface area contributed by atoms with Gasteiger partial charge in [0.15, 0.2) is 0 Å². The zero-order chi connectivity index (χ0) is 11.6. The van der Waals surface area contributed by atoms with E-state index in [1.807, 2.05) is 0 Å². The molecule has 0 spiro atoms. The Balaban J connectivity index is 3.13. The minimum absolute atomic E-state index is 0.0880. The number of hydrogen-bond donors (Lipinski definition) is 4. The van der Waals surface area contributed by atoms with Crippen molar-refractivity contribution in [2.75, 3.05) is 5.75 Å². The maximum atomic E-state index is 9.68. The summed E-state index contributed by atoms with van der Waals surface area (Å²) in [5.74, 6) is -0.0437. The normalized spacial score (nSPS) is 15.0. The molecule has 3 N–H and O–H groups in total. The summed E-state index contributed by atoms with van der Waals surface area (Å²) in [6.07, 6.45) is -2.26. The summed E-state index contributed by atoms with van der Waals surface area (Å²) in [6, 6.07) is 2.90. The summed E-state index contributed by atoms with van der Waals surface area (Å²) in [4.78, 5) is 0. The van der Waals surface area contributed by atoms with Gasteiger partial charge in [0.05, 0.1) is 10.6 Å². The monoisotopic (exact) mass is 312 g/mol. The maximum absolute atomic E-state index is 9.68. The minimum Gasteiger partial charge on any atom is -0.506 e. The number of benzene rings is 1. The van der Waals surface area contributed by atoms with E-state index in [0.29, 0.717) is 9.50 Å². The molecule has 0 heterocycles. The molecule has 1 aromatic carbocycles. The predicted octanol–water partition coefficient (Wildman–Crippen LogP) is 2.13. The van der Waals surface area contributed by atoms with Crippen LogP contribution < -0.4 is 0 Å². The number of aliphatic hydroxyl groups is 2. The first kappa shape index (κ1) is 13.1. The molecule has 0 aliphatic rings. The Hall–Kier alpha value is 0.0600. The van der Waals surface area contributed by atoms with Crippen LogP contribution in [0.1, 0.15) is 11.7 Å². The predicted molar refractivity (Wildman–Crippen MR) is 65.6 cm³/mol. The highest BCUT2D eigenvalue weighted by molar-refractivity contribution is 9.10. The quantitative estimate of drug-likeness (QED) is 0.647. The van der Waals surface area contributed by atoms with E-state index < -0.39 is 12.2 Å². The van der Waals surface area contributed by atoms with Gasteiger partial charge in [-0.1, -0.05) is 11.6 Å². The highest BCUT2D eigenvalue weighted by Gasteiger charge is 2.21. The summed E-state index contributed by atoms with van der Waals surface area (Å²) in [6.45, 7) is 0. The van der Waals surface area contributed by atoms with E-state index >= 15 is 0 Å². The maximum Gasteiger partial charge on any atom is 0.135 e. The van der Waals surface area contributed by atoms with Crippen LogP contribution in [0, 0.1) is 0 Å². The van der Waals surface area contributed by atoms with Crippen LogP contribution in [0.4, 0.5) is 0 Å². The number of aliphatic hydroxyl groups excluding tert-OH is 2.